The predicted octanol–water partition coefficient (Wildman–Crippen LogP) is 4.22. The highest BCUT2D eigenvalue weighted by atomic mass is 32.2. The van der Waals surface area contributed by atoms with Gasteiger partial charge in [0.25, 0.3) is 5.91 Å². The van der Waals surface area contributed by atoms with Gasteiger partial charge in [-0.3, -0.25) is 4.79 Å². The van der Waals surface area contributed by atoms with Crippen molar-refractivity contribution in [3.8, 4) is 0 Å². The third-order valence-corrected chi connectivity index (χ3v) is 5.26. The number of carbonyl (C=O) groups excluding carboxylic acids is 1. The van der Waals surface area contributed by atoms with Crippen LogP contribution in [0.15, 0.2) is 27.8 Å². The minimum Gasteiger partial charge on any atom is -0.455 e. The Kier molecular flexibility index (Phi) is 6.42. The molecular weight excluding hydrogens is 360 g/mol. The lowest BCUT2D eigenvalue weighted by Crippen LogP contribution is -2.24. The van der Waals surface area contributed by atoms with Crippen LogP contribution in [0.1, 0.15) is 68.0 Å². The molecule has 1 aliphatic carbocycles. The minimum absolute atomic E-state index is 0.129. The molecule has 27 heavy (non-hydrogen) atoms. The molecule has 146 valence electrons. The molecule has 0 unspecified atom stereocenters. The zero-order valence-electron chi connectivity index (χ0n) is 16.5. The van der Waals surface area contributed by atoms with Crippen LogP contribution in [0.5, 0.6) is 0 Å². The van der Waals surface area contributed by atoms with E-state index in [9.17, 15) is 4.79 Å². The molecule has 2 heterocycles. The summed E-state index contributed by atoms with van der Waals surface area (Å²) in [4.78, 5) is 23.6. The second-order valence-corrected chi connectivity index (χ2v) is 8.25. The number of aromatic nitrogens is 2. The first-order valence-electron chi connectivity index (χ1n) is 9.58. The average Bonchev–Trinajstić information content (AvgIpc) is 3.33. The summed E-state index contributed by atoms with van der Waals surface area (Å²) in [6, 6.07) is 5.98. The van der Waals surface area contributed by atoms with Gasteiger partial charge in [-0.15, -0.1) is 0 Å². The van der Waals surface area contributed by atoms with Gasteiger partial charge in [0.2, 0.25) is 0 Å². The third-order valence-electron chi connectivity index (χ3n) is 4.40. The van der Waals surface area contributed by atoms with Gasteiger partial charge in [0.15, 0.2) is 10.9 Å². The zero-order valence-corrected chi connectivity index (χ0v) is 17.3. The molecule has 3 rings (SSSR count). The lowest BCUT2D eigenvalue weighted by Gasteiger charge is -2.19. The summed E-state index contributed by atoms with van der Waals surface area (Å²) in [6.45, 7) is 7.39. The second-order valence-electron chi connectivity index (χ2n) is 7.31. The van der Waals surface area contributed by atoms with E-state index < -0.39 is 0 Å². The average molecular weight is 389 g/mol. The van der Waals surface area contributed by atoms with Crippen LogP contribution in [0, 0.1) is 0 Å². The first-order chi connectivity index (χ1) is 13.0. The molecule has 6 nitrogen and oxygen atoms in total. The highest BCUT2D eigenvalue weighted by Crippen LogP contribution is 2.26. The van der Waals surface area contributed by atoms with Crippen LogP contribution in [-0.2, 0) is 5.75 Å². The fourth-order valence-electron chi connectivity index (χ4n) is 2.63. The van der Waals surface area contributed by atoms with Gasteiger partial charge in [-0.05, 0) is 37.3 Å². The number of furan rings is 1. The van der Waals surface area contributed by atoms with Crippen LogP contribution in [0.2, 0.25) is 0 Å². The van der Waals surface area contributed by atoms with Gasteiger partial charge in [0, 0.05) is 31.4 Å². The van der Waals surface area contributed by atoms with Crippen molar-refractivity contribution in [2.24, 2.45) is 0 Å². The maximum Gasteiger partial charge on any atom is 0.287 e. The molecule has 0 saturated heterocycles. The summed E-state index contributed by atoms with van der Waals surface area (Å²) < 4.78 is 5.69. The van der Waals surface area contributed by atoms with E-state index >= 15 is 0 Å². The number of thioether (sulfide) groups is 1. The maximum absolute atomic E-state index is 12.0. The highest BCUT2D eigenvalue weighted by molar-refractivity contribution is 7.98. The lowest BCUT2D eigenvalue weighted by molar-refractivity contribution is 0.0922. The van der Waals surface area contributed by atoms with Crippen molar-refractivity contribution in [2.45, 2.75) is 62.9 Å². The predicted molar refractivity (Wildman–Crippen MR) is 108 cm³/mol. The first kappa shape index (κ1) is 19.7. The molecule has 0 spiro atoms. The number of anilines is 1. The Morgan fingerprint density at radius 3 is 2.81 bits per heavy atom. The number of carbonyl (C=O) groups is 1. The van der Waals surface area contributed by atoms with E-state index in [0.29, 0.717) is 23.5 Å². The van der Waals surface area contributed by atoms with Gasteiger partial charge in [-0.2, -0.15) is 0 Å². The van der Waals surface area contributed by atoms with Gasteiger partial charge in [-0.1, -0.05) is 32.5 Å². The topological polar surface area (TPSA) is 71.3 Å². The van der Waals surface area contributed by atoms with Crippen LogP contribution >= 0.6 is 11.8 Å². The fraction of sp³-hybridized carbons (Fsp3) is 0.550. The zero-order chi connectivity index (χ0) is 19.4. The van der Waals surface area contributed by atoms with Crippen LogP contribution in [0.4, 0.5) is 5.82 Å². The Hall–Kier alpha value is -2.02. The minimum atomic E-state index is -0.129. The molecule has 0 radical (unpaired) electrons. The van der Waals surface area contributed by atoms with Crippen molar-refractivity contribution in [3.05, 3.63) is 35.4 Å². The van der Waals surface area contributed by atoms with E-state index in [0.717, 1.165) is 48.2 Å². The lowest BCUT2D eigenvalue weighted by atomic mass is 10.1. The first-order valence-corrected chi connectivity index (χ1v) is 10.6. The molecular formula is C20H28N4O2S. The Morgan fingerprint density at radius 1 is 1.37 bits per heavy atom. The van der Waals surface area contributed by atoms with Crippen LogP contribution in [0.3, 0.4) is 0 Å². The SMILES string of the molecule is CCCN(C)c1cc(C(C)C)nc(SCc2ccc(C(=O)NC3CC3)o2)n1. The molecule has 1 fully saturated rings. The molecule has 1 N–H and O–H groups in total. The number of nitrogens with zero attached hydrogens (tertiary/aromatic N) is 3. The summed E-state index contributed by atoms with van der Waals surface area (Å²) in [6.07, 6.45) is 3.19. The quantitative estimate of drug-likeness (QED) is 0.512. The van der Waals surface area contributed by atoms with Crippen molar-refractivity contribution in [1.29, 1.82) is 0 Å². The molecule has 0 atom stereocenters. The van der Waals surface area contributed by atoms with Crippen LogP contribution in [-0.4, -0.2) is 35.5 Å². The summed E-state index contributed by atoms with van der Waals surface area (Å²) >= 11 is 1.53. The van der Waals surface area contributed by atoms with Gasteiger partial charge in [-0.25, -0.2) is 9.97 Å². The van der Waals surface area contributed by atoms with E-state index in [4.69, 9.17) is 9.40 Å². The standard InChI is InChI=1S/C20H28N4O2S/c1-5-10-24(4)18-11-16(13(2)3)22-20(23-18)27-12-15-8-9-17(26-15)19(25)21-14-6-7-14/h8-9,11,13-14H,5-7,10,12H2,1-4H3,(H,21,25). The van der Waals surface area contributed by atoms with E-state index in [1.165, 1.54) is 11.8 Å². The molecule has 1 saturated carbocycles. The summed E-state index contributed by atoms with van der Waals surface area (Å²) in [5.74, 6) is 2.87. The Labute approximate surface area is 165 Å². The largest absolute Gasteiger partial charge is 0.455 e. The summed E-state index contributed by atoms with van der Waals surface area (Å²) in [7, 11) is 2.06. The van der Waals surface area contributed by atoms with Gasteiger partial charge in [0.05, 0.1) is 5.75 Å². The Balaban J connectivity index is 1.67. The van der Waals surface area contributed by atoms with E-state index in [1.54, 1.807) is 6.07 Å². The van der Waals surface area contributed by atoms with Crippen LogP contribution in [0.25, 0.3) is 0 Å². The van der Waals surface area contributed by atoms with Gasteiger partial charge >= 0.3 is 0 Å². The molecule has 7 heteroatoms. The van der Waals surface area contributed by atoms with Gasteiger partial charge < -0.3 is 14.6 Å². The summed E-state index contributed by atoms with van der Waals surface area (Å²) in [5, 5.41) is 3.68. The molecule has 1 amide bonds. The summed E-state index contributed by atoms with van der Waals surface area (Å²) in [5.41, 5.74) is 1.04. The fourth-order valence-corrected chi connectivity index (χ4v) is 3.39. The number of hydrogen-bond acceptors (Lipinski definition) is 6. The molecule has 0 aromatic carbocycles. The molecule has 2 aromatic heterocycles. The molecule has 2 aromatic rings. The number of amides is 1. The Morgan fingerprint density at radius 2 is 2.15 bits per heavy atom. The maximum atomic E-state index is 12.0. The number of rotatable bonds is 9. The normalized spacial score (nSPS) is 13.8. The highest BCUT2D eigenvalue weighted by Gasteiger charge is 2.25. The van der Waals surface area contributed by atoms with Crippen molar-refractivity contribution in [2.75, 3.05) is 18.5 Å². The van der Waals surface area contributed by atoms with Crippen molar-refractivity contribution in [3.63, 3.8) is 0 Å². The van der Waals surface area contributed by atoms with E-state index in [2.05, 4.69) is 49.1 Å². The van der Waals surface area contributed by atoms with Crippen molar-refractivity contribution < 1.29 is 9.21 Å². The van der Waals surface area contributed by atoms with Crippen LogP contribution < -0.4 is 10.2 Å². The third kappa shape index (κ3) is 5.48. The smallest absolute Gasteiger partial charge is 0.287 e. The molecule has 0 aliphatic heterocycles. The monoisotopic (exact) mass is 388 g/mol. The molecule has 0 bridgehead atoms. The van der Waals surface area contributed by atoms with Crippen molar-refractivity contribution >= 4 is 23.5 Å². The number of hydrogen-bond donors (Lipinski definition) is 1. The number of nitrogens with one attached hydrogen (secondary N) is 1. The second kappa shape index (κ2) is 8.78. The van der Waals surface area contributed by atoms with Gasteiger partial charge in [0.1, 0.15) is 11.6 Å². The van der Waals surface area contributed by atoms with Crippen molar-refractivity contribution in [1.82, 2.24) is 15.3 Å². The Bertz CT molecular complexity index is 786. The van der Waals surface area contributed by atoms with E-state index in [1.807, 2.05) is 6.07 Å². The molecule has 1 aliphatic rings. The van der Waals surface area contributed by atoms with E-state index in [-0.39, 0.29) is 5.91 Å².